The molecule has 2 heterocycles. The van der Waals surface area contributed by atoms with Gasteiger partial charge in [0.05, 0.1) is 6.20 Å². The molecule has 0 atom stereocenters. The lowest BCUT2D eigenvalue weighted by Crippen LogP contribution is -1.82. The first kappa shape index (κ1) is 8.47. The Kier molecular flexibility index (Phi) is 2.42. The summed E-state index contributed by atoms with van der Waals surface area (Å²) >= 11 is 6.98. The molecular weight excluding hydrogens is 208 g/mol. The fourth-order valence-corrected chi connectivity index (χ4v) is 1.60. The zero-order valence-electron chi connectivity index (χ0n) is 6.48. The van der Waals surface area contributed by atoms with Crippen LogP contribution >= 0.6 is 22.9 Å². The number of nitrogens with zero attached hydrogens (tertiary/aromatic N) is 2. The quantitative estimate of drug-likeness (QED) is 0.768. The van der Waals surface area contributed by atoms with E-state index in [-0.39, 0.29) is 0 Å². The Morgan fingerprint density at radius 3 is 3.00 bits per heavy atom. The number of hydrogen-bond donors (Lipinski definition) is 0. The van der Waals surface area contributed by atoms with Gasteiger partial charge in [-0.3, -0.25) is 4.98 Å². The van der Waals surface area contributed by atoms with E-state index in [0.29, 0.717) is 16.1 Å². The fraction of sp³-hybridized carbons (Fsp3) is 0. The van der Waals surface area contributed by atoms with E-state index in [4.69, 9.17) is 16.3 Å². The Hall–Kier alpha value is -1.13. The first-order chi connectivity index (χ1) is 6.34. The van der Waals surface area contributed by atoms with Crippen LogP contribution in [0.15, 0.2) is 29.9 Å². The Morgan fingerprint density at radius 1 is 1.46 bits per heavy atom. The van der Waals surface area contributed by atoms with Gasteiger partial charge in [-0.05, 0) is 12.1 Å². The molecule has 2 aromatic rings. The predicted molar refractivity (Wildman–Crippen MR) is 51.4 cm³/mol. The third-order valence-corrected chi connectivity index (χ3v) is 2.34. The summed E-state index contributed by atoms with van der Waals surface area (Å²) in [5.41, 5.74) is 0. The summed E-state index contributed by atoms with van der Waals surface area (Å²) in [4.78, 5) is 7.85. The summed E-state index contributed by atoms with van der Waals surface area (Å²) in [5.74, 6) is 0.661. The number of pyridine rings is 1. The van der Waals surface area contributed by atoms with E-state index in [0.717, 1.165) is 0 Å². The summed E-state index contributed by atoms with van der Waals surface area (Å²) in [6.45, 7) is 0. The molecule has 0 bridgehead atoms. The maximum atomic E-state index is 5.63. The highest BCUT2D eigenvalue weighted by atomic mass is 35.5. The third-order valence-electron chi connectivity index (χ3n) is 1.29. The van der Waals surface area contributed by atoms with Gasteiger partial charge in [0.2, 0.25) is 0 Å². The molecule has 0 spiro atoms. The minimum absolute atomic E-state index is 0.448. The normalized spacial score (nSPS) is 9.92. The standard InChI is InChI=1S/C8H5ClN2OS/c9-7-5-13-8(11-7)12-6-2-1-3-10-4-6/h1-5H. The Labute approximate surface area is 84.0 Å². The van der Waals surface area contributed by atoms with Crippen LogP contribution in [0.1, 0.15) is 0 Å². The third kappa shape index (κ3) is 2.17. The Morgan fingerprint density at radius 2 is 2.38 bits per heavy atom. The van der Waals surface area contributed by atoms with Gasteiger partial charge in [0.1, 0.15) is 10.9 Å². The molecule has 5 heteroatoms. The van der Waals surface area contributed by atoms with Gasteiger partial charge in [-0.15, -0.1) is 0 Å². The van der Waals surface area contributed by atoms with Crippen molar-refractivity contribution >= 4 is 22.9 Å². The van der Waals surface area contributed by atoms with Crippen molar-refractivity contribution in [3.63, 3.8) is 0 Å². The zero-order valence-corrected chi connectivity index (χ0v) is 8.05. The minimum Gasteiger partial charge on any atom is -0.429 e. The lowest BCUT2D eigenvalue weighted by molar-refractivity contribution is 0.476. The SMILES string of the molecule is Clc1csc(Oc2cccnc2)n1. The van der Waals surface area contributed by atoms with Crippen molar-refractivity contribution in [3.8, 4) is 10.9 Å². The van der Waals surface area contributed by atoms with Crippen molar-refractivity contribution in [2.45, 2.75) is 0 Å². The number of thiazole rings is 1. The van der Waals surface area contributed by atoms with Crippen molar-refractivity contribution in [2.24, 2.45) is 0 Å². The van der Waals surface area contributed by atoms with E-state index in [2.05, 4.69) is 9.97 Å². The van der Waals surface area contributed by atoms with E-state index in [1.165, 1.54) is 11.3 Å². The van der Waals surface area contributed by atoms with Crippen LogP contribution in [0, 0.1) is 0 Å². The summed E-state index contributed by atoms with van der Waals surface area (Å²) < 4.78 is 5.36. The summed E-state index contributed by atoms with van der Waals surface area (Å²) in [6, 6.07) is 3.60. The number of hydrogen-bond acceptors (Lipinski definition) is 4. The highest BCUT2D eigenvalue weighted by Gasteiger charge is 2.01. The highest BCUT2D eigenvalue weighted by Crippen LogP contribution is 2.25. The van der Waals surface area contributed by atoms with Crippen LogP contribution in [-0.4, -0.2) is 9.97 Å². The molecule has 0 aliphatic heterocycles. The van der Waals surface area contributed by atoms with Gasteiger partial charge in [-0.25, -0.2) is 0 Å². The van der Waals surface area contributed by atoms with Gasteiger partial charge in [-0.1, -0.05) is 22.9 Å². The smallest absolute Gasteiger partial charge is 0.280 e. The largest absolute Gasteiger partial charge is 0.429 e. The lowest BCUT2D eigenvalue weighted by Gasteiger charge is -1.98. The maximum Gasteiger partial charge on any atom is 0.280 e. The highest BCUT2D eigenvalue weighted by molar-refractivity contribution is 7.11. The lowest BCUT2D eigenvalue weighted by atomic mass is 10.5. The predicted octanol–water partition coefficient (Wildman–Crippen LogP) is 2.98. The maximum absolute atomic E-state index is 5.63. The van der Waals surface area contributed by atoms with Gasteiger partial charge < -0.3 is 4.74 Å². The van der Waals surface area contributed by atoms with Gasteiger partial charge in [0.25, 0.3) is 5.19 Å². The number of rotatable bonds is 2. The Bertz CT molecular complexity index is 390. The van der Waals surface area contributed by atoms with Crippen molar-refractivity contribution < 1.29 is 4.74 Å². The molecule has 0 amide bonds. The molecule has 0 aliphatic carbocycles. The molecule has 0 fully saturated rings. The van der Waals surface area contributed by atoms with Gasteiger partial charge >= 0.3 is 0 Å². The van der Waals surface area contributed by atoms with Gasteiger partial charge in [0, 0.05) is 11.6 Å². The van der Waals surface area contributed by atoms with Crippen LogP contribution in [0.4, 0.5) is 0 Å². The van der Waals surface area contributed by atoms with Crippen molar-refractivity contribution in [2.75, 3.05) is 0 Å². The first-order valence-corrected chi connectivity index (χ1v) is 4.79. The van der Waals surface area contributed by atoms with Gasteiger partial charge in [0.15, 0.2) is 0 Å². The van der Waals surface area contributed by atoms with E-state index in [9.17, 15) is 0 Å². The molecule has 2 aromatic heterocycles. The van der Waals surface area contributed by atoms with E-state index in [1.807, 2.05) is 6.07 Å². The van der Waals surface area contributed by atoms with Crippen LogP contribution in [0.25, 0.3) is 0 Å². The monoisotopic (exact) mass is 212 g/mol. The van der Waals surface area contributed by atoms with Gasteiger partial charge in [-0.2, -0.15) is 4.98 Å². The molecule has 0 saturated heterocycles. The zero-order chi connectivity index (χ0) is 9.10. The molecular formula is C8H5ClN2OS. The molecule has 13 heavy (non-hydrogen) atoms. The minimum atomic E-state index is 0.448. The molecule has 0 aromatic carbocycles. The van der Waals surface area contributed by atoms with Crippen molar-refractivity contribution in [1.29, 1.82) is 0 Å². The summed E-state index contributed by atoms with van der Waals surface area (Å²) in [7, 11) is 0. The fourth-order valence-electron chi connectivity index (χ4n) is 0.794. The van der Waals surface area contributed by atoms with Crippen LogP contribution in [0.3, 0.4) is 0 Å². The summed E-state index contributed by atoms with van der Waals surface area (Å²) in [5, 5.41) is 2.69. The summed E-state index contributed by atoms with van der Waals surface area (Å²) in [6.07, 6.45) is 3.30. The van der Waals surface area contributed by atoms with Crippen LogP contribution in [0.2, 0.25) is 5.15 Å². The van der Waals surface area contributed by atoms with E-state index < -0.39 is 0 Å². The molecule has 2 rings (SSSR count). The second-order valence-electron chi connectivity index (χ2n) is 2.23. The molecule has 0 radical (unpaired) electrons. The molecule has 3 nitrogen and oxygen atoms in total. The second-order valence-corrected chi connectivity index (χ2v) is 3.43. The number of aromatic nitrogens is 2. The molecule has 0 unspecified atom stereocenters. The van der Waals surface area contributed by atoms with Crippen LogP contribution in [0.5, 0.6) is 10.9 Å². The van der Waals surface area contributed by atoms with Crippen LogP contribution < -0.4 is 4.74 Å². The molecule has 0 saturated carbocycles. The first-order valence-electron chi connectivity index (χ1n) is 3.53. The van der Waals surface area contributed by atoms with Crippen molar-refractivity contribution in [1.82, 2.24) is 9.97 Å². The molecule has 0 aliphatic rings. The van der Waals surface area contributed by atoms with Crippen LogP contribution in [-0.2, 0) is 0 Å². The van der Waals surface area contributed by atoms with E-state index in [1.54, 1.807) is 23.8 Å². The second kappa shape index (κ2) is 3.72. The average molecular weight is 213 g/mol. The topological polar surface area (TPSA) is 35.0 Å². The Balaban J connectivity index is 2.15. The number of ether oxygens (including phenoxy) is 1. The van der Waals surface area contributed by atoms with Crippen molar-refractivity contribution in [3.05, 3.63) is 35.1 Å². The molecule has 66 valence electrons. The molecule has 0 N–H and O–H groups in total. The number of halogens is 1. The van der Waals surface area contributed by atoms with E-state index >= 15 is 0 Å². The average Bonchev–Trinajstić information content (AvgIpc) is 2.53.